The SMILES string of the molecule is CCCNC(C)c1ccc(Oc2ccc(SC)cc2)nc1. The van der Waals surface area contributed by atoms with E-state index in [0.717, 1.165) is 18.7 Å². The van der Waals surface area contributed by atoms with Crippen molar-refractivity contribution in [2.45, 2.75) is 31.2 Å². The lowest BCUT2D eigenvalue weighted by Crippen LogP contribution is -2.19. The molecule has 1 N–H and O–H groups in total. The van der Waals surface area contributed by atoms with Gasteiger partial charge in [-0.05, 0) is 56.0 Å². The van der Waals surface area contributed by atoms with Crippen LogP contribution in [0.5, 0.6) is 11.6 Å². The standard InChI is InChI=1S/C17H22N2OS/c1-4-11-18-13(2)14-5-10-17(19-12-14)20-15-6-8-16(21-3)9-7-15/h5-10,12-13,18H,4,11H2,1-3H3. The normalized spacial score (nSPS) is 12.1. The molecule has 0 fully saturated rings. The third-order valence-corrected chi connectivity index (χ3v) is 3.99. The van der Waals surface area contributed by atoms with Crippen LogP contribution in [-0.4, -0.2) is 17.8 Å². The highest BCUT2D eigenvalue weighted by atomic mass is 32.2. The molecule has 0 saturated carbocycles. The maximum Gasteiger partial charge on any atom is 0.219 e. The van der Waals surface area contributed by atoms with E-state index in [1.165, 1.54) is 10.5 Å². The maximum absolute atomic E-state index is 5.75. The number of benzene rings is 1. The quantitative estimate of drug-likeness (QED) is 0.755. The molecule has 1 aromatic carbocycles. The van der Waals surface area contributed by atoms with E-state index >= 15 is 0 Å². The zero-order valence-electron chi connectivity index (χ0n) is 12.8. The first kappa shape index (κ1) is 15.9. The predicted molar refractivity (Wildman–Crippen MR) is 89.2 cm³/mol. The number of ether oxygens (including phenoxy) is 1. The Morgan fingerprint density at radius 1 is 1.19 bits per heavy atom. The number of aromatic nitrogens is 1. The molecule has 1 aromatic heterocycles. The van der Waals surface area contributed by atoms with Gasteiger partial charge in [-0.2, -0.15) is 0 Å². The predicted octanol–water partition coefficient (Wildman–Crippen LogP) is 4.66. The summed E-state index contributed by atoms with van der Waals surface area (Å²) in [4.78, 5) is 5.60. The van der Waals surface area contributed by atoms with Crippen molar-refractivity contribution in [3.63, 3.8) is 0 Å². The van der Waals surface area contributed by atoms with Crippen LogP contribution in [0.25, 0.3) is 0 Å². The summed E-state index contributed by atoms with van der Waals surface area (Å²) in [5.74, 6) is 1.43. The molecule has 0 aliphatic carbocycles. The molecule has 4 heteroatoms. The second-order valence-corrected chi connectivity index (χ2v) is 5.76. The molecule has 0 aliphatic rings. The minimum absolute atomic E-state index is 0.312. The van der Waals surface area contributed by atoms with Crippen LogP contribution in [0.2, 0.25) is 0 Å². The Bertz CT molecular complexity index is 540. The Morgan fingerprint density at radius 2 is 1.95 bits per heavy atom. The van der Waals surface area contributed by atoms with E-state index in [2.05, 4.69) is 36.5 Å². The largest absolute Gasteiger partial charge is 0.439 e. The van der Waals surface area contributed by atoms with Gasteiger partial charge in [0.25, 0.3) is 0 Å². The van der Waals surface area contributed by atoms with Crippen LogP contribution in [-0.2, 0) is 0 Å². The zero-order valence-corrected chi connectivity index (χ0v) is 13.6. The summed E-state index contributed by atoms with van der Waals surface area (Å²) in [6, 6.07) is 12.3. The molecule has 0 radical (unpaired) electrons. The number of nitrogens with zero attached hydrogens (tertiary/aromatic N) is 1. The van der Waals surface area contributed by atoms with Crippen molar-refractivity contribution in [2.24, 2.45) is 0 Å². The fraction of sp³-hybridized carbons (Fsp3) is 0.353. The molecule has 1 heterocycles. The summed E-state index contributed by atoms with van der Waals surface area (Å²) in [5, 5.41) is 3.45. The van der Waals surface area contributed by atoms with Crippen molar-refractivity contribution in [1.82, 2.24) is 10.3 Å². The van der Waals surface area contributed by atoms with Gasteiger partial charge in [0.05, 0.1) is 0 Å². The highest BCUT2D eigenvalue weighted by Gasteiger charge is 2.05. The first-order chi connectivity index (χ1) is 10.2. The summed E-state index contributed by atoms with van der Waals surface area (Å²) in [5.41, 5.74) is 1.17. The van der Waals surface area contributed by atoms with Gasteiger partial charge in [0, 0.05) is 23.2 Å². The lowest BCUT2D eigenvalue weighted by atomic mass is 10.1. The molecule has 0 bridgehead atoms. The number of nitrogens with one attached hydrogen (secondary N) is 1. The molecule has 0 amide bonds. The average Bonchev–Trinajstić information content (AvgIpc) is 2.54. The lowest BCUT2D eigenvalue weighted by Gasteiger charge is -2.13. The summed E-state index contributed by atoms with van der Waals surface area (Å²) in [6.07, 6.45) is 5.06. The molecule has 3 nitrogen and oxygen atoms in total. The van der Waals surface area contributed by atoms with Gasteiger partial charge in [0.1, 0.15) is 5.75 Å². The highest BCUT2D eigenvalue weighted by Crippen LogP contribution is 2.23. The summed E-state index contributed by atoms with van der Waals surface area (Å²) in [6.45, 7) is 5.33. The maximum atomic E-state index is 5.75. The average molecular weight is 302 g/mol. The van der Waals surface area contributed by atoms with Gasteiger partial charge >= 0.3 is 0 Å². The van der Waals surface area contributed by atoms with Gasteiger partial charge in [0.15, 0.2) is 0 Å². The van der Waals surface area contributed by atoms with Crippen LogP contribution >= 0.6 is 11.8 Å². The van der Waals surface area contributed by atoms with Crippen molar-refractivity contribution >= 4 is 11.8 Å². The highest BCUT2D eigenvalue weighted by molar-refractivity contribution is 7.98. The first-order valence-electron chi connectivity index (χ1n) is 7.24. The van der Waals surface area contributed by atoms with E-state index in [4.69, 9.17) is 4.74 Å². The van der Waals surface area contributed by atoms with Gasteiger partial charge in [-0.1, -0.05) is 13.0 Å². The monoisotopic (exact) mass is 302 g/mol. The van der Waals surface area contributed by atoms with Crippen LogP contribution in [0.1, 0.15) is 31.9 Å². The van der Waals surface area contributed by atoms with Crippen LogP contribution in [0.4, 0.5) is 0 Å². The fourth-order valence-corrected chi connectivity index (χ4v) is 2.36. The third-order valence-electron chi connectivity index (χ3n) is 3.24. The Labute approximate surface area is 131 Å². The van der Waals surface area contributed by atoms with Crippen LogP contribution < -0.4 is 10.1 Å². The number of hydrogen-bond acceptors (Lipinski definition) is 4. The molecule has 1 atom stereocenters. The van der Waals surface area contributed by atoms with Crippen molar-refractivity contribution < 1.29 is 4.74 Å². The van der Waals surface area contributed by atoms with Crippen molar-refractivity contribution in [3.8, 4) is 11.6 Å². The minimum atomic E-state index is 0.312. The van der Waals surface area contributed by atoms with Crippen LogP contribution in [0, 0.1) is 0 Å². The summed E-state index contributed by atoms with van der Waals surface area (Å²) in [7, 11) is 0. The van der Waals surface area contributed by atoms with Crippen molar-refractivity contribution in [1.29, 1.82) is 0 Å². The Hall–Kier alpha value is -1.52. The number of thioether (sulfide) groups is 1. The third kappa shape index (κ3) is 4.76. The van der Waals surface area contributed by atoms with Crippen LogP contribution in [0.3, 0.4) is 0 Å². The second-order valence-electron chi connectivity index (χ2n) is 4.88. The van der Waals surface area contributed by atoms with Gasteiger partial charge in [0.2, 0.25) is 5.88 Å². The van der Waals surface area contributed by atoms with Crippen molar-refractivity contribution in [3.05, 3.63) is 48.2 Å². The Morgan fingerprint density at radius 3 is 2.52 bits per heavy atom. The van der Waals surface area contributed by atoms with Gasteiger partial charge in [-0.3, -0.25) is 0 Å². The van der Waals surface area contributed by atoms with E-state index < -0.39 is 0 Å². The van der Waals surface area contributed by atoms with Gasteiger partial charge < -0.3 is 10.1 Å². The van der Waals surface area contributed by atoms with E-state index in [0.29, 0.717) is 11.9 Å². The number of pyridine rings is 1. The lowest BCUT2D eigenvalue weighted by molar-refractivity contribution is 0.461. The Balaban J connectivity index is 1.98. The number of rotatable bonds is 7. The molecular formula is C17H22N2OS. The minimum Gasteiger partial charge on any atom is -0.439 e. The van der Waals surface area contributed by atoms with E-state index in [-0.39, 0.29) is 0 Å². The van der Waals surface area contributed by atoms with E-state index in [1.54, 1.807) is 11.8 Å². The van der Waals surface area contributed by atoms with E-state index in [9.17, 15) is 0 Å². The molecule has 112 valence electrons. The summed E-state index contributed by atoms with van der Waals surface area (Å²) < 4.78 is 5.75. The van der Waals surface area contributed by atoms with Gasteiger partial charge in [-0.25, -0.2) is 4.98 Å². The molecule has 21 heavy (non-hydrogen) atoms. The molecule has 2 rings (SSSR count). The second kappa shape index (κ2) is 8.05. The molecule has 1 unspecified atom stereocenters. The van der Waals surface area contributed by atoms with E-state index in [1.807, 2.05) is 36.5 Å². The van der Waals surface area contributed by atoms with Crippen molar-refractivity contribution in [2.75, 3.05) is 12.8 Å². The molecular weight excluding hydrogens is 280 g/mol. The molecule has 2 aromatic rings. The molecule has 0 aliphatic heterocycles. The van der Waals surface area contributed by atoms with Gasteiger partial charge in [-0.15, -0.1) is 11.8 Å². The zero-order chi connectivity index (χ0) is 15.1. The Kier molecular flexibility index (Phi) is 6.08. The topological polar surface area (TPSA) is 34.1 Å². The first-order valence-corrected chi connectivity index (χ1v) is 8.46. The smallest absolute Gasteiger partial charge is 0.219 e. The number of hydrogen-bond donors (Lipinski definition) is 1. The molecule has 0 saturated heterocycles. The summed E-state index contributed by atoms with van der Waals surface area (Å²) >= 11 is 1.72. The molecule has 0 spiro atoms. The fourth-order valence-electron chi connectivity index (χ4n) is 1.95. The van der Waals surface area contributed by atoms with Crippen LogP contribution in [0.15, 0.2) is 47.5 Å².